The van der Waals surface area contributed by atoms with Crippen LogP contribution in [-0.2, 0) is 10.8 Å². The van der Waals surface area contributed by atoms with Gasteiger partial charge in [0.05, 0.1) is 0 Å². The van der Waals surface area contributed by atoms with Crippen LogP contribution in [0.2, 0.25) is 0 Å². The van der Waals surface area contributed by atoms with E-state index in [9.17, 15) is 4.21 Å². The molecule has 0 aromatic carbocycles. The fraction of sp³-hybridized carbons (Fsp3) is 1.00. The Morgan fingerprint density at radius 1 is 1.25 bits per heavy atom. The molecule has 1 spiro atoms. The third-order valence-electron chi connectivity index (χ3n) is 5.30. The molecule has 2 rings (SSSR count). The van der Waals surface area contributed by atoms with E-state index in [2.05, 4.69) is 31.0 Å². The topological polar surface area (TPSA) is 32.3 Å². The van der Waals surface area contributed by atoms with Crippen molar-refractivity contribution in [2.24, 2.45) is 5.92 Å². The highest BCUT2D eigenvalue weighted by atomic mass is 32.2. The molecule has 3 nitrogen and oxygen atoms in total. The number of rotatable bonds is 4. The zero-order valence-corrected chi connectivity index (χ0v) is 14.5. The van der Waals surface area contributed by atoms with Gasteiger partial charge in [0.1, 0.15) is 0 Å². The van der Waals surface area contributed by atoms with Crippen LogP contribution < -0.4 is 5.32 Å². The van der Waals surface area contributed by atoms with Crippen LogP contribution in [0.4, 0.5) is 0 Å². The van der Waals surface area contributed by atoms with Gasteiger partial charge in [0.2, 0.25) is 0 Å². The maximum Gasteiger partial charge on any atom is 0.0444 e. The lowest BCUT2D eigenvalue weighted by Gasteiger charge is -2.51. The number of nitrogens with one attached hydrogen (secondary N) is 1. The summed E-state index contributed by atoms with van der Waals surface area (Å²) in [6.45, 7) is 9.98. The summed E-state index contributed by atoms with van der Waals surface area (Å²) in [5.41, 5.74) is 0.346. The van der Waals surface area contributed by atoms with Gasteiger partial charge in [-0.1, -0.05) is 33.1 Å². The molecule has 0 aromatic heterocycles. The summed E-state index contributed by atoms with van der Waals surface area (Å²) >= 11 is 0. The van der Waals surface area contributed by atoms with Gasteiger partial charge in [-0.25, -0.2) is 0 Å². The summed E-state index contributed by atoms with van der Waals surface area (Å²) in [6.07, 6.45) is 8.60. The highest BCUT2D eigenvalue weighted by Gasteiger charge is 2.40. The second-order valence-electron chi connectivity index (χ2n) is 7.27. The van der Waals surface area contributed by atoms with Crippen molar-refractivity contribution in [3.05, 3.63) is 0 Å². The monoisotopic (exact) mass is 300 g/mol. The Balaban J connectivity index is 2.06. The first-order chi connectivity index (χ1) is 9.43. The number of piperazine rings is 1. The van der Waals surface area contributed by atoms with Crippen LogP contribution in [0.15, 0.2) is 0 Å². The molecule has 0 aromatic rings. The highest BCUT2D eigenvalue weighted by molar-refractivity contribution is 7.84. The van der Waals surface area contributed by atoms with Crippen molar-refractivity contribution in [3.63, 3.8) is 0 Å². The fourth-order valence-electron chi connectivity index (χ4n) is 3.87. The lowest BCUT2D eigenvalue weighted by atomic mass is 9.78. The second-order valence-corrected chi connectivity index (χ2v) is 9.07. The molecule has 3 unspecified atom stereocenters. The third kappa shape index (κ3) is 3.83. The summed E-state index contributed by atoms with van der Waals surface area (Å²) in [4.78, 5) is 2.64. The summed E-state index contributed by atoms with van der Waals surface area (Å²) in [5.74, 6) is 0.654. The zero-order valence-electron chi connectivity index (χ0n) is 13.7. The summed E-state index contributed by atoms with van der Waals surface area (Å²) in [5, 5.41) is 4.15. The predicted octanol–water partition coefficient (Wildman–Crippen LogP) is 2.39. The molecular weight excluding hydrogens is 268 g/mol. The van der Waals surface area contributed by atoms with Gasteiger partial charge >= 0.3 is 0 Å². The molecule has 2 fully saturated rings. The largest absolute Gasteiger partial charge is 0.308 e. The molecule has 118 valence electrons. The molecule has 1 N–H and O–H groups in total. The van der Waals surface area contributed by atoms with Crippen LogP contribution in [0, 0.1) is 5.92 Å². The molecular formula is C16H32N2OS. The third-order valence-corrected chi connectivity index (χ3v) is 6.58. The first-order valence-corrected chi connectivity index (χ1v) is 9.87. The van der Waals surface area contributed by atoms with Crippen molar-refractivity contribution in [3.8, 4) is 0 Å². The Kier molecular flexibility index (Phi) is 5.66. The predicted molar refractivity (Wildman–Crippen MR) is 87.5 cm³/mol. The summed E-state index contributed by atoms with van der Waals surface area (Å²) in [6, 6.07) is 0.591. The van der Waals surface area contributed by atoms with Crippen molar-refractivity contribution >= 4 is 10.8 Å². The molecule has 1 aliphatic carbocycles. The molecule has 1 saturated carbocycles. The average Bonchev–Trinajstić information content (AvgIpc) is 2.39. The molecule has 3 atom stereocenters. The quantitative estimate of drug-likeness (QED) is 0.865. The van der Waals surface area contributed by atoms with Crippen molar-refractivity contribution in [1.82, 2.24) is 10.2 Å². The lowest BCUT2D eigenvalue weighted by molar-refractivity contribution is 0.0375. The molecule has 1 saturated heterocycles. The smallest absolute Gasteiger partial charge is 0.0444 e. The molecule has 0 radical (unpaired) electrons. The molecule has 0 amide bonds. The molecule has 4 heteroatoms. The maximum atomic E-state index is 11.7. The Morgan fingerprint density at radius 2 is 1.90 bits per heavy atom. The first-order valence-electron chi connectivity index (χ1n) is 8.25. The van der Waals surface area contributed by atoms with Crippen LogP contribution in [0.1, 0.15) is 52.9 Å². The molecule has 20 heavy (non-hydrogen) atoms. The fourth-order valence-corrected chi connectivity index (χ4v) is 4.27. The SMILES string of the molecule is CC(C)C1CNC2(CCCCC2)CN1CC(C)S(C)=O. The number of hydrogen-bond acceptors (Lipinski definition) is 3. The van der Waals surface area contributed by atoms with Crippen molar-refractivity contribution < 1.29 is 4.21 Å². The standard InChI is InChI=1S/C16H32N2OS/c1-13(2)15-10-17-16(8-6-5-7-9-16)12-18(15)11-14(3)20(4)19/h13-15,17H,5-12H2,1-4H3. The van der Waals surface area contributed by atoms with Crippen molar-refractivity contribution in [1.29, 1.82) is 0 Å². The van der Waals surface area contributed by atoms with E-state index >= 15 is 0 Å². The Bertz CT molecular complexity index is 339. The van der Waals surface area contributed by atoms with Crippen molar-refractivity contribution in [2.75, 3.05) is 25.9 Å². The van der Waals surface area contributed by atoms with E-state index in [1.54, 1.807) is 0 Å². The summed E-state index contributed by atoms with van der Waals surface area (Å²) in [7, 11) is -0.719. The average molecular weight is 301 g/mol. The Hall–Kier alpha value is 0.0700. The van der Waals surface area contributed by atoms with Gasteiger partial charge in [-0.2, -0.15) is 0 Å². The zero-order chi connectivity index (χ0) is 14.8. The number of nitrogens with zero attached hydrogens (tertiary/aromatic N) is 1. The van der Waals surface area contributed by atoms with E-state index < -0.39 is 10.8 Å². The Labute approximate surface area is 127 Å². The Morgan fingerprint density at radius 3 is 2.45 bits per heavy atom. The van der Waals surface area contributed by atoms with Gasteiger partial charge < -0.3 is 5.32 Å². The van der Waals surface area contributed by atoms with E-state index in [-0.39, 0.29) is 5.25 Å². The van der Waals surface area contributed by atoms with E-state index in [0.717, 1.165) is 19.6 Å². The summed E-state index contributed by atoms with van der Waals surface area (Å²) < 4.78 is 11.7. The van der Waals surface area contributed by atoms with Gasteiger partial charge in [0.25, 0.3) is 0 Å². The molecule has 1 aliphatic heterocycles. The van der Waals surface area contributed by atoms with E-state index in [1.807, 2.05) is 6.26 Å². The van der Waals surface area contributed by atoms with Crippen LogP contribution in [0.25, 0.3) is 0 Å². The maximum absolute atomic E-state index is 11.7. The minimum atomic E-state index is -0.719. The van der Waals surface area contributed by atoms with Gasteiger partial charge in [-0.05, 0) is 25.7 Å². The van der Waals surface area contributed by atoms with Crippen molar-refractivity contribution in [2.45, 2.75) is 69.7 Å². The van der Waals surface area contributed by atoms with Crippen LogP contribution in [-0.4, -0.2) is 51.8 Å². The van der Waals surface area contributed by atoms with E-state index in [1.165, 1.54) is 32.1 Å². The number of hydrogen-bond donors (Lipinski definition) is 1. The highest BCUT2D eigenvalue weighted by Crippen LogP contribution is 2.33. The van der Waals surface area contributed by atoms with Crippen LogP contribution in [0.5, 0.6) is 0 Å². The van der Waals surface area contributed by atoms with Crippen LogP contribution in [0.3, 0.4) is 0 Å². The second kappa shape index (κ2) is 6.89. The van der Waals surface area contributed by atoms with Gasteiger partial charge in [-0.3, -0.25) is 9.11 Å². The minimum absolute atomic E-state index is 0.273. The normalized spacial score (nSPS) is 30.6. The molecule has 1 heterocycles. The minimum Gasteiger partial charge on any atom is -0.308 e. The van der Waals surface area contributed by atoms with Gasteiger partial charge in [-0.15, -0.1) is 0 Å². The van der Waals surface area contributed by atoms with Crippen LogP contribution >= 0.6 is 0 Å². The molecule has 2 aliphatic rings. The first kappa shape index (κ1) is 16.4. The van der Waals surface area contributed by atoms with E-state index in [0.29, 0.717) is 17.5 Å². The van der Waals surface area contributed by atoms with Gasteiger partial charge in [0, 0.05) is 53.5 Å². The van der Waals surface area contributed by atoms with E-state index in [4.69, 9.17) is 0 Å². The molecule has 0 bridgehead atoms. The van der Waals surface area contributed by atoms with Gasteiger partial charge in [0.15, 0.2) is 0 Å². The lowest BCUT2D eigenvalue weighted by Crippen LogP contribution is -2.66.